The Balaban J connectivity index is 1.08. The van der Waals surface area contributed by atoms with Crippen molar-refractivity contribution in [1.29, 1.82) is 0 Å². The number of nitrogens with one attached hydrogen (secondary N) is 2. The summed E-state index contributed by atoms with van der Waals surface area (Å²) in [5.74, 6) is 2.18. The highest BCUT2D eigenvalue weighted by atomic mass is 32.2. The Kier molecular flexibility index (Phi) is 9.12. The number of hydrogen-bond acceptors (Lipinski definition) is 8. The third kappa shape index (κ3) is 5.13. The fourth-order valence-electron chi connectivity index (χ4n) is 11.0. The van der Waals surface area contributed by atoms with Gasteiger partial charge in [0.15, 0.2) is 0 Å². The quantitative estimate of drug-likeness (QED) is 0.179. The van der Waals surface area contributed by atoms with E-state index in [1.165, 1.54) is 16.7 Å². The van der Waals surface area contributed by atoms with Gasteiger partial charge in [0.2, 0.25) is 5.91 Å². The van der Waals surface area contributed by atoms with Gasteiger partial charge in [-0.2, -0.15) is 0 Å². The van der Waals surface area contributed by atoms with Gasteiger partial charge in [-0.15, -0.1) is 18.2 Å². The van der Waals surface area contributed by atoms with E-state index in [-0.39, 0.29) is 77.0 Å². The zero-order chi connectivity index (χ0) is 33.3. The van der Waals surface area contributed by atoms with E-state index in [0.717, 1.165) is 24.8 Å². The molecule has 6 aliphatic rings. The van der Waals surface area contributed by atoms with Gasteiger partial charge in [-0.05, 0) is 104 Å². The fourth-order valence-corrected chi connectivity index (χ4v) is 12.3. The van der Waals surface area contributed by atoms with E-state index in [4.69, 9.17) is 6.42 Å². The molecule has 0 aromatic rings. The van der Waals surface area contributed by atoms with E-state index in [0.29, 0.717) is 37.1 Å². The number of hydrogen-bond donors (Lipinski definition) is 6. The number of aliphatic hydroxyl groups excluding tert-OH is 4. The number of carbonyl (C=O) groups is 3. The second-order valence-electron chi connectivity index (χ2n) is 15.6. The van der Waals surface area contributed by atoms with Crippen molar-refractivity contribution in [3.05, 3.63) is 11.3 Å². The van der Waals surface area contributed by atoms with Crippen molar-refractivity contribution in [2.75, 3.05) is 12.3 Å². The van der Waals surface area contributed by atoms with Crippen LogP contribution < -0.4 is 10.6 Å². The van der Waals surface area contributed by atoms with E-state index in [2.05, 4.69) is 37.3 Å². The van der Waals surface area contributed by atoms with Gasteiger partial charge in [-0.1, -0.05) is 26.7 Å². The maximum absolute atomic E-state index is 13.2. The monoisotopic (exact) mass is 657 g/mol. The summed E-state index contributed by atoms with van der Waals surface area (Å²) in [5.41, 5.74) is 0.433. The molecule has 14 unspecified atom stereocenters. The molecule has 2 heterocycles. The number of terminal acetylenes is 1. The Bertz CT molecular complexity index is 1330. The lowest BCUT2D eigenvalue weighted by molar-refractivity contribution is -0.243. The number of rotatable bonds is 7. The van der Waals surface area contributed by atoms with Crippen LogP contribution in [0.25, 0.3) is 0 Å². The van der Waals surface area contributed by atoms with Crippen LogP contribution in [-0.2, 0) is 14.4 Å². The lowest BCUT2D eigenvalue weighted by Gasteiger charge is -2.64. The van der Waals surface area contributed by atoms with Crippen LogP contribution in [0, 0.1) is 58.7 Å². The Morgan fingerprint density at radius 2 is 1.83 bits per heavy atom. The Hall–Kier alpha value is -2.10. The molecule has 14 atom stereocenters. The van der Waals surface area contributed by atoms with E-state index in [1.807, 2.05) is 6.92 Å². The fraction of sp³-hybridized carbons (Fsp3) is 0.800. The predicted molar refractivity (Wildman–Crippen MR) is 173 cm³/mol. The minimum atomic E-state index is -0.888. The molecule has 46 heavy (non-hydrogen) atoms. The Morgan fingerprint density at radius 3 is 2.54 bits per heavy atom. The highest BCUT2D eigenvalue weighted by Gasteiger charge is 2.67. The van der Waals surface area contributed by atoms with E-state index >= 15 is 0 Å². The number of amides is 3. The van der Waals surface area contributed by atoms with Crippen molar-refractivity contribution in [2.24, 2.45) is 46.3 Å². The van der Waals surface area contributed by atoms with Crippen LogP contribution in [0.15, 0.2) is 11.3 Å². The summed E-state index contributed by atoms with van der Waals surface area (Å²) in [6.07, 6.45) is 7.60. The van der Waals surface area contributed by atoms with Gasteiger partial charge in [0.1, 0.15) is 17.1 Å². The molecule has 11 heteroatoms. The molecule has 0 aromatic carbocycles. The number of thioether (sulfide) groups is 1. The molecule has 5 fully saturated rings. The van der Waals surface area contributed by atoms with Crippen molar-refractivity contribution in [1.82, 2.24) is 15.5 Å². The summed E-state index contributed by atoms with van der Waals surface area (Å²) in [6.45, 7) is 8.38. The molecule has 0 radical (unpaired) electrons. The molecule has 6 N–H and O–H groups in total. The van der Waals surface area contributed by atoms with Gasteiger partial charge in [-0.25, -0.2) is 0 Å². The molecule has 1 saturated heterocycles. The Labute approximate surface area is 276 Å². The largest absolute Gasteiger partial charge is 0.393 e. The lowest BCUT2D eigenvalue weighted by atomic mass is 9.42. The molecule has 4 saturated carbocycles. The van der Waals surface area contributed by atoms with E-state index in [1.54, 1.807) is 0 Å². The molecule has 6 rings (SSSR count). The maximum atomic E-state index is 13.2. The van der Waals surface area contributed by atoms with Crippen LogP contribution in [0.4, 0.5) is 0 Å². The first-order valence-electron chi connectivity index (χ1n) is 17.1. The number of fused-ring (bicyclic) bond motifs is 6. The van der Waals surface area contributed by atoms with Gasteiger partial charge >= 0.3 is 0 Å². The average molecular weight is 658 g/mol. The summed E-state index contributed by atoms with van der Waals surface area (Å²) in [7, 11) is 0. The highest BCUT2D eigenvalue weighted by molar-refractivity contribution is 8.00. The van der Waals surface area contributed by atoms with Crippen LogP contribution >= 0.6 is 11.8 Å². The molecule has 2 aliphatic heterocycles. The molecule has 3 amide bonds. The second-order valence-corrected chi connectivity index (χ2v) is 16.7. The number of β-lactam (4-membered cyclic amide) rings is 1. The van der Waals surface area contributed by atoms with Crippen molar-refractivity contribution < 1.29 is 34.8 Å². The molecule has 0 spiro atoms. The summed E-state index contributed by atoms with van der Waals surface area (Å²) >= 11 is 1.53. The van der Waals surface area contributed by atoms with Crippen molar-refractivity contribution in [3.8, 4) is 12.3 Å². The maximum Gasteiger partial charge on any atom is 0.268 e. The lowest BCUT2D eigenvalue weighted by Crippen LogP contribution is -2.71. The van der Waals surface area contributed by atoms with Crippen LogP contribution in [0.3, 0.4) is 0 Å². The van der Waals surface area contributed by atoms with Gasteiger partial charge in [-0.3, -0.25) is 19.3 Å². The molecule has 0 aromatic heterocycles. The molecule has 4 aliphatic carbocycles. The minimum Gasteiger partial charge on any atom is -0.393 e. The smallest absolute Gasteiger partial charge is 0.268 e. The summed E-state index contributed by atoms with van der Waals surface area (Å²) < 4.78 is 0. The molecule has 0 bridgehead atoms. The van der Waals surface area contributed by atoms with E-state index in [9.17, 15) is 34.8 Å². The average Bonchev–Trinajstić information content (AvgIpc) is 3.39. The summed E-state index contributed by atoms with van der Waals surface area (Å²) in [5, 5.41) is 50.3. The minimum absolute atomic E-state index is 0.0576. The van der Waals surface area contributed by atoms with E-state index < -0.39 is 35.9 Å². The predicted octanol–water partition coefficient (Wildman–Crippen LogP) is 1.76. The van der Waals surface area contributed by atoms with Gasteiger partial charge in [0.25, 0.3) is 11.8 Å². The highest BCUT2D eigenvalue weighted by Crippen LogP contribution is 2.68. The summed E-state index contributed by atoms with van der Waals surface area (Å²) in [6, 6.07) is -0.688. The standard InChI is InChI=1S/C35H51N3O7S/c1-6-13-36-31(44)28-18(3)16-46-33-27(32(45)38(28)33)37-25(41)10-7-17(2)20-8-9-21-26-22(15-24(40)35(20,21)5)34(4)12-11-19(39)14-23(34)29(42)30(26)43/h1,17,19-24,26-27,29-30,33,39-40,42-43H,7-16H2,2-5H3,(H,36,44)(H,37,41). The zero-order valence-electron chi connectivity index (χ0n) is 27.4. The van der Waals surface area contributed by atoms with Crippen LogP contribution in [0.5, 0.6) is 0 Å². The Morgan fingerprint density at radius 1 is 1.09 bits per heavy atom. The third-order valence-electron chi connectivity index (χ3n) is 13.5. The number of nitrogens with zero attached hydrogens (tertiary/aromatic N) is 1. The molecular weight excluding hydrogens is 606 g/mol. The first-order valence-corrected chi connectivity index (χ1v) is 18.2. The second kappa shape index (κ2) is 12.4. The van der Waals surface area contributed by atoms with Crippen LogP contribution in [-0.4, -0.2) is 91.2 Å². The van der Waals surface area contributed by atoms with Crippen molar-refractivity contribution in [3.63, 3.8) is 0 Å². The molecular formula is C35H51N3O7S. The van der Waals surface area contributed by atoms with Gasteiger partial charge in [0.05, 0.1) is 31.0 Å². The first-order chi connectivity index (χ1) is 21.7. The first kappa shape index (κ1) is 33.8. The third-order valence-corrected chi connectivity index (χ3v) is 14.9. The van der Waals surface area contributed by atoms with Crippen LogP contribution in [0.2, 0.25) is 0 Å². The number of carbonyl (C=O) groups excluding carboxylic acids is 3. The zero-order valence-corrected chi connectivity index (χ0v) is 28.3. The van der Waals surface area contributed by atoms with Crippen molar-refractivity contribution in [2.45, 2.75) is 115 Å². The topological polar surface area (TPSA) is 159 Å². The van der Waals surface area contributed by atoms with Gasteiger partial charge < -0.3 is 31.1 Å². The van der Waals surface area contributed by atoms with Gasteiger partial charge in [0, 0.05) is 12.2 Å². The van der Waals surface area contributed by atoms with Crippen LogP contribution in [0.1, 0.15) is 79.1 Å². The SMILES string of the molecule is C#CCNC(=O)C1=C(C)CSC2C(NC(=O)CCC(C)C3CCC4C5C(O)C(O)C6CC(O)CCC6(C)C5CC(O)C34C)C(=O)N12. The molecule has 254 valence electrons. The molecule has 10 nitrogen and oxygen atoms in total. The summed E-state index contributed by atoms with van der Waals surface area (Å²) in [4.78, 5) is 40.4. The van der Waals surface area contributed by atoms with Crippen molar-refractivity contribution >= 4 is 29.5 Å². The number of aliphatic hydroxyl groups is 4. The normalized spacial score (nSPS) is 45.3.